The number of hydrogen-bond donors (Lipinski definition) is 1. The number of benzene rings is 2. The summed E-state index contributed by atoms with van der Waals surface area (Å²) in [6.45, 7) is 2.67. The first kappa shape index (κ1) is 15.5. The molecule has 0 heterocycles. The van der Waals surface area contributed by atoms with Crippen molar-refractivity contribution in [3.05, 3.63) is 74.8 Å². The predicted molar refractivity (Wildman–Crippen MR) is 84.4 cm³/mol. The molecule has 0 fully saturated rings. The lowest BCUT2D eigenvalue weighted by atomic mass is 10.0. The lowest BCUT2D eigenvalue weighted by molar-refractivity contribution is -0.384. The standard InChI is InChI=1S/C16H17ClN2O2/c1-2-16(13-6-4-7-14(17)10-13)18-11-12-5-3-8-15(9-12)19(20)21/h3-10,16,18H,2,11H2,1H3. The molecule has 1 N–H and O–H groups in total. The molecule has 21 heavy (non-hydrogen) atoms. The van der Waals surface area contributed by atoms with Crippen LogP contribution in [0, 0.1) is 10.1 Å². The predicted octanol–water partition coefficient (Wildman–Crippen LogP) is 4.49. The first-order valence-electron chi connectivity index (χ1n) is 6.82. The van der Waals surface area contributed by atoms with Crippen LogP contribution in [0.2, 0.25) is 5.02 Å². The van der Waals surface area contributed by atoms with Crippen LogP contribution in [0.3, 0.4) is 0 Å². The highest BCUT2D eigenvalue weighted by molar-refractivity contribution is 6.30. The van der Waals surface area contributed by atoms with E-state index in [1.165, 1.54) is 6.07 Å². The smallest absolute Gasteiger partial charge is 0.269 e. The fourth-order valence-electron chi connectivity index (χ4n) is 2.24. The molecule has 0 spiro atoms. The Morgan fingerprint density at radius 3 is 2.67 bits per heavy atom. The van der Waals surface area contributed by atoms with E-state index in [-0.39, 0.29) is 16.7 Å². The van der Waals surface area contributed by atoms with Crippen molar-refractivity contribution in [2.45, 2.75) is 25.9 Å². The number of non-ortho nitro benzene ring substituents is 1. The second kappa shape index (κ2) is 7.20. The molecule has 0 aliphatic heterocycles. The van der Waals surface area contributed by atoms with Crippen molar-refractivity contribution >= 4 is 17.3 Å². The Morgan fingerprint density at radius 2 is 2.00 bits per heavy atom. The largest absolute Gasteiger partial charge is 0.306 e. The third kappa shape index (κ3) is 4.28. The molecular formula is C16H17ClN2O2. The topological polar surface area (TPSA) is 55.2 Å². The van der Waals surface area contributed by atoms with Crippen LogP contribution in [-0.4, -0.2) is 4.92 Å². The fraction of sp³-hybridized carbons (Fsp3) is 0.250. The Bertz CT molecular complexity index is 631. The van der Waals surface area contributed by atoms with Crippen LogP contribution >= 0.6 is 11.6 Å². The Morgan fingerprint density at radius 1 is 1.24 bits per heavy atom. The molecule has 0 radical (unpaired) electrons. The van der Waals surface area contributed by atoms with E-state index in [0.29, 0.717) is 11.6 Å². The van der Waals surface area contributed by atoms with Gasteiger partial charge in [-0.1, -0.05) is 42.8 Å². The minimum absolute atomic E-state index is 0.116. The van der Waals surface area contributed by atoms with Gasteiger partial charge in [-0.15, -0.1) is 0 Å². The van der Waals surface area contributed by atoms with Crippen molar-refractivity contribution in [2.24, 2.45) is 0 Å². The van der Waals surface area contributed by atoms with Crippen LogP contribution in [0.5, 0.6) is 0 Å². The van der Waals surface area contributed by atoms with Gasteiger partial charge in [0.25, 0.3) is 5.69 Å². The summed E-state index contributed by atoms with van der Waals surface area (Å²) >= 11 is 6.02. The minimum atomic E-state index is -0.377. The molecule has 0 amide bonds. The van der Waals surface area contributed by atoms with Crippen molar-refractivity contribution in [3.63, 3.8) is 0 Å². The van der Waals surface area contributed by atoms with E-state index in [4.69, 9.17) is 11.6 Å². The van der Waals surface area contributed by atoms with Crippen molar-refractivity contribution in [2.75, 3.05) is 0 Å². The molecule has 2 aromatic rings. The van der Waals surface area contributed by atoms with Crippen LogP contribution in [0.15, 0.2) is 48.5 Å². The highest BCUT2D eigenvalue weighted by Gasteiger charge is 2.10. The summed E-state index contributed by atoms with van der Waals surface area (Å²) in [5.41, 5.74) is 2.13. The summed E-state index contributed by atoms with van der Waals surface area (Å²) in [4.78, 5) is 10.4. The van der Waals surface area contributed by atoms with Gasteiger partial charge >= 0.3 is 0 Å². The molecule has 0 saturated heterocycles. The molecule has 110 valence electrons. The normalized spacial score (nSPS) is 12.1. The molecule has 1 atom stereocenters. The van der Waals surface area contributed by atoms with E-state index < -0.39 is 0 Å². The summed E-state index contributed by atoms with van der Waals surface area (Å²) in [5.74, 6) is 0. The number of halogens is 1. The Balaban J connectivity index is 2.06. The zero-order valence-corrected chi connectivity index (χ0v) is 12.5. The molecule has 5 heteroatoms. The quantitative estimate of drug-likeness (QED) is 0.632. The third-order valence-corrected chi connectivity index (χ3v) is 3.57. The van der Waals surface area contributed by atoms with Gasteiger partial charge in [-0.25, -0.2) is 0 Å². The molecular weight excluding hydrogens is 288 g/mol. The van der Waals surface area contributed by atoms with E-state index >= 15 is 0 Å². The Kier molecular flexibility index (Phi) is 5.31. The minimum Gasteiger partial charge on any atom is -0.306 e. The van der Waals surface area contributed by atoms with Crippen LogP contribution in [0.1, 0.15) is 30.5 Å². The molecule has 0 aromatic heterocycles. The second-order valence-electron chi connectivity index (χ2n) is 4.82. The Hall–Kier alpha value is -1.91. The number of rotatable bonds is 6. The molecule has 0 bridgehead atoms. The van der Waals surface area contributed by atoms with Gasteiger partial charge in [0.1, 0.15) is 0 Å². The van der Waals surface area contributed by atoms with E-state index in [9.17, 15) is 10.1 Å². The van der Waals surface area contributed by atoms with Crippen molar-refractivity contribution in [1.29, 1.82) is 0 Å². The van der Waals surface area contributed by atoms with Crippen LogP contribution in [0.25, 0.3) is 0 Å². The maximum absolute atomic E-state index is 10.8. The van der Waals surface area contributed by atoms with Gasteiger partial charge in [0.2, 0.25) is 0 Å². The zero-order valence-electron chi connectivity index (χ0n) is 11.8. The summed E-state index contributed by atoms with van der Waals surface area (Å²) in [5, 5.41) is 14.9. The summed E-state index contributed by atoms with van der Waals surface area (Å²) < 4.78 is 0. The van der Waals surface area contributed by atoms with Gasteiger partial charge in [0.15, 0.2) is 0 Å². The van der Waals surface area contributed by atoms with Crippen molar-refractivity contribution < 1.29 is 4.92 Å². The number of hydrogen-bond acceptors (Lipinski definition) is 3. The number of nitro groups is 1. The Labute approximate surface area is 128 Å². The lowest BCUT2D eigenvalue weighted by Crippen LogP contribution is -2.20. The molecule has 0 aliphatic carbocycles. The van der Waals surface area contributed by atoms with Gasteiger partial charge in [0.05, 0.1) is 4.92 Å². The van der Waals surface area contributed by atoms with Crippen molar-refractivity contribution in [1.82, 2.24) is 5.32 Å². The molecule has 0 saturated carbocycles. The van der Waals surface area contributed by atoms with Gasteiger partial charge < -0.3 is 5.32 Å². The summed E-state index contributed by atoms with van der Waals surface area (Å²) in [6.07, 6.45) is 0.912. The second-order valence-corrected chi connectivity index (χ2v) is 5.26. The van der Waals surface area contributed by atoms with Crippen LogP contribution in [-0.2, 0) is 6.54 Å². The highest BCUT2D eigenvalue weighted by Crippen LogP contribution is 2.21. The van der Waals surface area contributed by atoms with Crippen LogP contribution in [0.4, 0.5) is 5.69 Å². The molecule has 4 nitrogen and oxygen atoms in total. The van der Waals surface area contributed by atoms with E-state index in [1.807, 2.05) is 30.3 Å². The van der Waals surface area contributed by atoms with Gasteiger partial charge in [-0.2, -0.15) is 0 Å². The average molecular weight is 305 g/mol. The molecule has 2 aromatic carbocycles. The number of nitro benzene ring substituents is 1. The van der Waals surface area contributed by atoms with Gasteiger partial charge in [-0.3, -0.25) is 10.1 Å². The van der Waals surface area contributed by atoms with E-state index in [0.717, 1.165) is 17.5 Å². The number of nitrogens with one attached hydrogen (secondary N) is 1. The summed E-state index contributed by atoms with van der Waals surface area (Å²) in [7, 11) is 0. The zero-order chi connectivity index (χ0) is 15.2. The molecule has 1 unspecified atom stereocenters. The summed E-state index contributed by atoms with van der Waals surface area (Å²) in [6, 6.07) is 14.6. The lowest BCUT2D eigenvalue weighted by Gasteiger charge is -2.17. The van der Waals surface area contributed by atoms with Crippen LogP contribution < -0.4 is 5.32 Å². The first-order valence-corrected chi connectivity index (χ1v) is 7.20. The highest BCUT2D eigenvalue weighted by atomic mass is 35.5. The van der Waals surface area contributed by atoms with Gasteiger partial charge in [-0.05, 0) is 29.7 Å². The monoisotopic (exact) mass is 304 g/mol. The average Bonchev–Trinajstić information content (AvgIpc) is 2.48. The van der Waals surface area contributed by atoms with Gasteiger partial charge in [0, 0.05) is 29.7 Å². The van der Waals surface area contributed by atoms with E-state index in [2.05, 4.69) is 12.2 Å². The maximum atomic E-state index is 10.8. The first-order chi connectivity index (χ1) is 10.1. The number of nitrogens with zero attached hydrogens (tertiary/aromatic N) is 1. The molecule has 2 rings (SSSR count). The van der Waals surface area contributed by atoms with Crippen molar-refractivity contribution in [3.8, 4) is 0 Å². The maximum Gasteiger partial charge on any atom is 0.269 e. The third-order valence-electron chi connectivity index (χ3n) is 3.33. The van der Waals surface area contributed by atoms with E-state index in [1.54, 1.807) is 12.1 Å². The SMILES string of the molecule is CCC(NCc1cccc([N+](=O)[O-])c1)c1cccc(Cl)c1. The fourth-order valence-corrected chi connectivity index (χ4v) is 2.44. The molecule has 0 aliphatic rings.